The lowest BCUT2D eigenvalue weighted by atomic mass is 10.1. The van der Waals surface area contributed by atoms with Crippen LogP contribution in [-0.4, -0.2) is 20.8 Å². The first kappa shape index (κ1) is 11.5. The fraction of sp³-hybridized carbons (Fsp3) is 0.231. The van der Waals surface area contributed by atoms with Gasteiger partial charge in [-0.15, -0.1) is 0 Å². The molecule has 0 aliphatic carbocycles. The first-order valence-electron chi connectivity index (χ1n) is 5.54. The molecular formula is C13H16N2O2. The number of aromatic nitrogens is 1. The van der Waals surface area contributed by atoms with E-state index in [1.165, 1.54) is 16.7 Å². The number of nitrogens with zero attached hydrogens (tertiary/aromatic N) is 1. The molecule has 1 aromatic heterocycles. The molecule has 0 radical (unpaired) electrons. The van der Waals surface area contributed by atoms with E-state index in [1.54, 1.807) is 0 Å². The van der Waals surface area contributed by atoms with Gasteiger partial charge < -0.3 is 15.9 Å². The van der Waals surface area contributed by atoms with Crippen molar-refractivity contribution in [1.29, 1.82) is 0 Å². The van der Waals surface area contributed by atoms with Crippen LogP contribution in [-0.2, 0) is 13.0 Å². The number of hydrogen-bond donors (Lipinski definition) is 3. The van der Waals surface area contributed by atoms with Crippen LogP contribution in [0, 0.1) is 0 Å². The van der Waals surface area contributed by atoms with Gasteiger partial charge in [0, 0.05) is 24.7 Å². The molecule has 0 bridgehead atoms. The summed E-state index contributed by atoms with van der Waals surface area (Å²) in [6.07, 6.45) is 0.706. The fourth-order valence-electron chi connectivity index (χ4n) is 1.85. The average Bonchev–Trinajstić information content (AvgIpc) is 2.62. The summed E-state index contributed by atoms with van der Waals surface area (Å²) < 4.78 is 1.40. The number of rotatable bonds is 4. The highest BCUT2D eigenvalue weighted by atomic mass is 16.3. The monoisotopic (exact) mass is 232 g/mol. The molecular weight excluding hydrogens is 216 g/mol. The van der Waals surface area contributed by atoms with Crippen molar-refractivity contribution in [2.24, 2.45) is 5.73 Å². The third-order valence-electron chi connectivity index (χ3n) is 2.69. The minimum Gasteiger partial charge on any atom is -0.494 e. The van der Waals surface area contributed by atoms with Gasteiger partial charge in [0.2, 0.25) is 0 Å². The summed E-state index contributed by atoms with van der Waals surface area (Å²) in [6.45, 7) is 0.388. The average molecular weight is 232 g/mol. The quantitative estimate of drug-likeness (QED) is 0.747. The van der Waals surface area contributed by atoms with Gasteiger partial charge >= 0.3 is 0 Å². The predicted molar refractivity (Wildman–Crippen MR) is 65.9 cm³/mol. The van der Waals surface area contributed by atoms with E-state index in [-0.39, 0.29) is 17.8 Å². The molecule has 1 heterocycles. The maximum Gasteiger partial charge on any atom is 0.193 e. The Morgan fingerprint density at radius 3 is 2.18 bits per heavy atom. The molecule has 0 saturated heterocycles. The Kier molecular flexibility index (Phi) is 3.35. The van der Waals surface area contributed by atoms with E-state index in [0.29, 0.717) is 13.0 Å². The Morgan fingerprint density at radius 2 is 1.59 bits per heavy atom. The zero-order valence-corrected chi connectivity index (χ0v) is 9.45. The Hall–Kier alpha value is -1.94. The number of benzene rings is 1. The third-order valence-corrected chi connectivity index (χ3v) is 2.69. The first-order chi connectivity index (χ1) is 8.16. The molecule has 4 nitrogen and oxygen atoms in total. The topological polar surface area (TPSA) is 71.4 Å². The Morgan fingerprint density at radius 1 is 1.00 bits per heavy atom. The molecule has 2 aromatic rings. The highest BCUT2D eigenvalue weighted by Crippen LogP contribution is 2.21. The smallest absolute Gasteiger partial charge is 0.193 e. The van der Waals surface area contributed by atoms with Crippen LogP contribution in [0.3, 0.4) is 0 Å². The van der Waals surface area contributed by atoms with Crippen LogP contribution in [0.2, 0.25) is 0 Å². The maximum absolute atomic E-state index is 9.49. The lowest BCUT2D eigenvalue weighted by Crippen LogP contribution is -2.28. The minimum absolute atomic E-state index is 0.0333. The van der Waals surface area contributed by atoms with Crippen LogP contribution in [0.4, 0.5) is 0 Å². The van der Waals surface area contributed by atoms with E-state index in [2.05, 4.69) is 0 Å². The molecule has 0 saturated carbocycles. The van der Waals surface area contributed by atoms with E-state index in [0.717, 1.165) is 5.56 Å². The van der Waals surface area contributed by atoms with Gasteiger partial charge in [-0.05, 0) is 12.0 Å². The molecule has 1 atom stereocenters. The van der Waals surface area contributed by atoms with Crippen LogP contribution in [0.5, 0.6) is 11.8 Å². The molecule has 4 N–H and O–H groups in total. The molecule has 0 aliphatic heterocycles. The van der Waals surface area contributed by atoms with Gasteiger partial charge in [0.25, 0.3) is 0 Å². The van der Waals surface area contributed by atoms with Crippen molar-refractivity contribution < 1.29 is 10.2 Å². The molecule has 0 amide bonds. The van der Waals surface area contributed by atoms with E-state index in [4.69, 9.17) is 5.73 Å². The van der Waals surface area contributed by atoms with Crippen molar-refractivity contribution in [1.82, 2.24) is 4.57 Å². The molecule has 1 aromatic carbocycles. The van der Waals surface area contributed by atoms with Crippen LogP contribution >= 0.6 is 0 Å². The summed E-state index contributed by atoms with van der Waals surface area (Å²) in [6, 6.07) is 12.7. The van der Waals surface area contributed by atoms with Crippen molar-refractivity contribution in [3.8, 4) is 11.8 Å². The summed E-state index contributed by atoms with van der Waals surface area (Å²) >= 11 is 0. The Balaban J connectivity index is 2.01. The molecule has 0 spiro atoms. The molecule has 2 rings (SSSR count). The molecule has 0 aliphatic rings. The number of hydrogen-bond acceptors (Lipinski definition) is 3. The van der Waals surface area contributed by atoms with E-state index in [1.807, 2.05) is 30.3 Å². The summed E-state index contributed by atoms with van der Waals surface area (Å²) in [5, 5.41) is 19.0. The standard InChI is InChI=1S/C13H16N2O2/c14-11(8-10-4-2-1-3-5-10)9-15-12(16)6-7-13(15)17/h1-7,11,16-17H,8-9,14H2. The summed E-state index contributed by atoms with van der Waals surface area (Å²) in [5.74, 6) is 0.0667. The second-order valence-corrected chi connectivity index (χ2v) is 4.11. The van der Waals surface area contributed by atoms with Crippen molar-refractivity contribution >= 4 is 0 Å². The molecule has 1 unspecified atom stereocenters. The predicted octanol–water partition coefficient (Wildman–Crippen LogP) is 1.47. The first-order valence-corrected chi connectivity index (χ1v) is 5.54. The van der Waals surface area contributed by atoms with E-state index >= 15 is 0 Å². The van der Waals surface area contributed by atoms with Gasteiger partial charge in [0.05, 0.1) is 0 Å². The summed E-state index contributed by atoms with van der Waals surface area (Å²) in [7, 11) is 0. The van der Waals surface area contributed by atoms with Crippen LogP contribution in [0.1, 0.15) is 5.56 Å². The minimum atomic E-state index is -0.151. The molecule has 90 valence electrons. The van der Waals surface area contributed by atoms with E-state index in [9.17, 15) is 10.2 Å². The van der Waals surface area contributed by atoms with Gasteiger partial charge in [0.15, 0.2) is 11.8 Å². The maximum atomic E-state index is 9.49. The van der Waals surface area contributed by atoms with Crippen LogP contribution in [0.25, 0.3) is 0 Å². The SMILES string of the molecule is NC(Cc1ccccc1)Cn1c(O)ccc1O. The highest BCUT2D eigenvalue weighted by Gasteiger charge is 2.10. The highest BCUT2D eigenvalue weighted by molar-refractivity contribution is 5.24. The van der Waals surface area contributed by atoms with Crippen molar-refractivity contribution in [3.05, 3.63) is 48.0 Å². The lowest BCUT2D eigenvalue weighted by molar-refractivity contribution is 0.354. The molecule has 4 heteroatoms. The normalized spacial score (nSPS) is 12.5. The van der Waals surface area contributed by atoms with Gasteiger partial charge in [-0.2, -0.15) is 0 Å². The number of nitrogens with two attached hydrogens (primary N) is 1. The van der Waals surface area contributed by atoms with Crippen LogP contribution < -0.4 is 5.73 Å². The second-order valence-electron chi connectivity index (χ2n) is 4.11. The van der Waals surface area contributed by atoms with Crippen molar-refractivity contribution in [2.45, 2.75) is 19.0 Å². The zero-order valence-electron chi connectivity index (χ0n) is 9.45. The largest absolute Gasteiger partial charge is 0.494 e. The molecule has 17 heavy (non-hydrogen) atoms. The second kappa shape index (κ2) is 4.93. The summed E-state index contributed by atoms with van der Waals surface area (Å²) in [5.41, 5.74) is 7.14. The van der Waals surface area contributed by atoms with E-state index < -0.39 is 0 Å². The van der Waals surface area contributed by atoms with Gasteiger partial charge in [-0.3, -0.25) is 4.57 Å². The fourth-order valence-corrected chi connectivity index (χ4v) is 1.85. The van der Waals surface area contributed by atoms with Gasteiger partial charge in [-0.1, -0.05) is 30.3 Å². The zero-order chi connectivity index (χ0) is 12.3. The number of aromatic hydroxyl groups is 2. The van der Waals surface area contributed by atoms with Crippen LogP contribution in [0.15, 0.2) is 42.5 Å². The Labute approximate surface area is 99.9 Å². The molecule has 0 fully saturated rings. The van der Waals surface area contributed by atoms with Gasteiger partial charge in [0.1, 0.15) is 0 Å². The lowest BCUT2D eigenvalue weighted by Gasteiger charge is -2.14. The van der Waals surface area contributed by atoms with Crippen molar-refractivity contribution in [3.63, 3.8) is 0 Å². The summed E-state index contributed by atoms with van der Waals surface area (Å²) in [4.78, 5) is 0. The van der Waals surface area contributed by atoms with Gasteiger partial charge in [-0.25, -0.2) is 0 Å². The van der Waals surface area contributed by atoms with Crippen molar-refractivity contribution in [2.75, 3.05) is 0 Å². The Bertz CT molecular complexity index is 460. The third kappa shape index (κ3) is 2.79.